The zero-order valence-corrected chi connectivity index (χ0v) is 20.9. The van der Waals surface area contributed by atoms with Crippen molar-refractivity contribution in [3.05, 3.63) is 119 Å². The van der Waals surface area contributed by atoms with Crippen molar-refractivity contribution >= 4 is 43.6 Å². The zero-order chi connectivity index (χ0) is 27.4. The van der Waals surface area contributed by atoms with E-state index < -0.39 is 0 Å². The van der Waals surface area contributed by atoms with Crippen LogP contribution in [-0.2, 0) is 0 Å². The molecule has 6 nitrogen and oxygen atoms in total. The second kappa shape index (κ2) is 8.61. The Kier molecular flexibility index (Phi) is 4.91. The zero-order valence-electron chi connectivity index (χ0n) is 20.9. The number of para-hydroxylation sites is 2. The molecule has 0 aliphatic rings. The van der Waals surface area contributed by atoms with Crippen molar-refractivity contribution in [2.45, 2.75) is 0 Å². The quantitative estimate of drug-likeness (QED) is 0.243. The first kappa shape index (κ1) is 22.8. The van der Waals surface area contributed by atoms with Crippen LogP contribution < -0.4 is 0 Å². The van der Waals surface area contributed by atoms with Crippen LogP contribution in [0.3, 0.4) is 0 Å². The third-order valence-electron chi connectivity index (χ3n) is 7.34. The number of rotatable bonds is 2. The lowest BCUT2D eigenvalue weighted by molar-refractivity contribution is 1.16. The highest BCUT2D eigenvalue weighted by molar-refractivity contribution is 6.28. The van der Waals surface area contributed by atoms with E-state index in [-0.39, 0.29) is 0 Å². The highest BCUT2D eigenvalue weighted by Gasteiger charge is 2.21. The van der Waals surface area contributed by atoms with Gasteiger partial charge in [0.05, 0.1) is 68.6 Å². The van der Waals surface area contributed by atoms with Crippen molar-refractivity contribution < 1.29 is 0 Å². The van der Waals surface area contributed by atoms with Crippen molar-refractivity contribution in [2.24, 2.45) is 0 Å². The lowest BCUT2D eigenvalue weighted by Gasteiger charge is -2.10. The van der Waals surface area contributed by atoms with Gasteiger partial charge in [-0.2, -0.15) is 21.0 Å². The van der Waals surface area contributed by atoms with E-state index >= 15 is 0 Å². The Morgan fingerprint density at radius 3 is 1.10 bits per heavy atom. The molecule has 5 aromatic carbocycles. The molecule has 7 aromatic rings. The van der Waals surface area contributed by atoms with Gasteiger partial charge in [0.2, 0.25) is 0 Å². The molecule has 0 N–H and O–H groups in total. The fourth-order valence-corrected chi connectivity index (χ4v) is 5.81. The van der Waals surface area contributed by atoms with Crippen LogP contribution >= 0.6 is 0 Å². The molecule has 0 radical (unpaired) electrons. The highest BCUT2D eigenvalue weighted by atomic mass is 15.0. The molecule has 40 heavy (non-hydrogen) atoms. The molecule has 0 unspecified atom stereocenters. The van der Waals surface area contributed by atoms with E-state index in [4.69, 9.17) is 0 Å². The summed E-state index contributed by atoms with van der Waals surface area (Å²) < 4.78 is 4.20. The maximum Gasteiger partial charge on any atom is 0.0992 e. The van der Waals surface area contributed by atoms with Gasteiger partial charge in [-0.3, -0.25) is 0 Å². The summed E-state index contributed by atoms with van der Waals surface area (Å²) in [5, 5.41) is 42.7. The third kappa shape index (κ3) is 3.19. The van der Waals surface area contributed by atoms with Crippen molar-refractivity contribution in [2.75, 3.05) is 0 Å². The monoisotopic (exact) mass is 508 g/mol. The van der Waals surface area contributed by atoms with Gasteiger partial charge < -0.3 is 9.13 Å². The van der Waals surface area contributed by atoms with Gasteiger partial charge in [0, 0.05) is 32.9 Å². The van der Waals surface area contributed by atoms with Crippen molar-refractivity contribution in [1.82, 2.24) is 9.13 Å². The van der Waals surface area contributed by atoms with E-state index in [9.17, 15) is 21.0 Å². The van der Waals surface area contributed by atoms with Crippen LogP contribution in [-0.4, -0.2) is 9.13 Å². The Labute approximate surface area is 228 Å². The number of nitriles is 4. The predicted molar refractivity (Wildman–Crippen MR) is 154 cm³/mol. The van der Waals surface area contributed by atoms with Gasteiger partial charge in [-0.1, -0.05) is 36.4 Å². The molecule has 0 amide bonds. The summed E-state index contributed by atoms with van der Waals surface area (Å²) >= 11 is 0. The number of fused-ring (bicyclic) bond motifs is 7. The number of hydrogen-bond acceptors (Lipinski definition) is 4. The molecule has 0 spiro atoms. The summed E-state index contributed by atoms with van der Waals surface area (Å²) in [4.78, 5) is 0. The van der Waals surface area contributed by atoms with Crippen LogP contribution in [0.15, 0.2) is 97.1 Å². The van der Waals surface area contributed by atoms with E-state index in [2.05, 4.69) is 57.7 Å². The summed E-state index contributed by atoms with van der Waals surface area (Å²) in [6.07, 6.45) is 0. The van der Waals surface area contributed by atoms with E-state index in [0.717, 1.165) is 55.0 Å². The number of benzene rings is 5. The molecular weight excluding hydrogens is 492 g/mol. The lowest BCUT2D eigenvalue weighted by Crippen LogP contribution is -1.97. The summed E-state index contributed by atoms with van der Waals surface area (Å²) in [6.45, 7) is 0. The first-order valence-corrected chi connectivity index (χ1v) is 12.5. The molecule has 0 saturated carbocycles. The van der Waals surface area contributed by atoms with E-state index in [1.165, 1.54) is 0 Å². The summed E-state index contributed by atoms with van der Waals surface area (Å²) in [5.41, 5.74) is 6.96. The lowest BCUT2D eigenvalue weighted by atomic mass is 10.1. The molecular formula is C34H16N6. The third-order valence-corrected chi connectivity index (χ3v) is 7.34. The van der Waals surface area contributed by atoms with Crippen LogP contribution in [0.4, 0.5) is 0 Å². The van der Waals surface area contributed by atoms with Gasteiger partial charge in [-0.05, 0) is 60.7 Å². The van der Waals surface area contributed by atoms with E-state index in [1.807, 2.05) is 36.4 Å². The molecule has 0 aliphatic heterocycles. The maximum absolute atomic E-state index is 9.64. The first-order chi connectivity index (χ1) is 19.6. The average Bonchev–Trinajstić information content (AvgIpc) is 3.53. The first-order valence-electron chi connectivity index (χ1n) is 12.5. The summed E-state index contributed by atoms with van der Waals surface area (Å²) in [6, 6.07) is 39.5. The average molecular weight is 509 g/mol. The van der Waals surface area contributed by atoms with Crippen molar-refractivity contribution in [3.8, 4) is 35.7 Å². The molecule has 7 rings (SSSR count). The van der Waals surface area contributed by atoms with Gasteiger partial charge in [0.1, 0.15) is 0 Å². The summed E-state index contributed by atoms with van der Waals surface area (Å²) in [5.74, 6) is 0. The Morgan fingerprint density at radius 2 is 0.750 bits per heavy atom. The minimum Gasteiger partial charge on any atom is -0.309 e. The van der Waals surface area contributed by atoms with Crippen LogP contribution in [0, 0.1) is 45.3 Å². The largest absolute Gasteiger partial charge is 0.309 e. The minimum atomic E-state index is 0.420. The Balaban J connectivity index is 1.68. The van der Waals surface area contributed by atoms with E-state index in [1.54, 1.807) is 36.4 Å². The molecule has 0 fully saturated rings. The molecule has 182 valence electrons. The van der Waals surface area contributed by atoms with Gasteiger partial charge in [-0.25, -0.2) is 0 Å². The SMILES string of the molecule is N#Cc1cc(C#N)cc(-n2c3ccccc3c3c4c5ccccc5n(-c5cc(C#N)cc(C#N)c5)c4ccc32)c1. The molecule has 0 atom stereocenters. The second-order valence-electron chi connectivity index (χ2n) is 9.54. The topological polar surface area (TPSA) is 105 Å². The summed E-state index contributed by atoms with van der Waals surface area (Å²) in [7, 11) is 0. The number of aromatic nitrogens is 2. The molecule has 0 bridgehead atoms. The number of hydrogen-bond donors (Lipinski definition) is 0. The number of nitrogens with zero attached hydrogens (tertiary/aromatic N) is 6. The van der Waals surface area contributed by atoms with E-state index in [0.29, 0.717) is 22.3 Å². The van der Waals surface area contributed by atoms with Crippen molar-refractivity contribution in [3.63, 3.8) is 0 Å². The Hall–Kier alpha value is -6.34. The Bertz CT molecular complexity index is 2140. The fourth-order valence-electron chi connectivity index (χ4n) is 5.81. The minimum absolute atomic E-state index is 0.420. The van der Waals surface area contributed by atoms with Crippen LogP contribution in [0.2, 0.25) is 0 Å². The molecule has 2 aromatic heterocycles. The van der Waals surface area contributed by atoms with Crippen molar-refractivity contribution in [1.29, 1.82) is 21.0 Å². The molecule has 0 saturated heterocycles. The van der Waals surface area contributed by atoms with Crippen LogP contribution in [0.5, 0.6) is 0 Å². The molecule has 2 heterocycles. The van der Waals surface area contributed by atoms with Gasteiger partial charge in [0.15, 0.2) is 0 Å². The van der Waals surface area contributed by atoms with Gasteiger partial charge >= 0.3 is 0 Å². The van der Waals surface area contributed by atoms with Gasteiger partial charge in [0.25, 0.3) is 0 Å². The van der Waals surface area contributed by atoms with Crippen LogP contribution in [0.25, 0.3) is 55.0 Å². The van der Waals surface area contributed by atoms with Crippen LogP contribution in [0.1, 0.15) is 22.3 Å². The molecule has 0 aliphatic carbocycles. The highest BCUT2D eigenvalue weighted by Crippen LogP contribution is 2.42. The standard InChI is InChI=1S/C34H16N6/c35-17-21-11-22(18-36)14-25(13-21)39-29-7-3-1-5-27(29)33-31(39)9-10-32-34(33)28-6-2-4-8-30(28)40(32)26-15-23(19-37)12-24(16-26)20-38/h1-16H. The Morgan fingerprint density at radius 1 is 0.400 bits per heavy atom. The van der Waals surface area contributed by atoms with Gasteiger partial charge in [-0.15, -0.1) is 0 Å². The maximum atomic E-state index is 9.64. The fraction of sp³-hybridized carbons (Fsp3) is 0. The predicted octanol–water partition coefficient (Wildman–Crippen LogP) is 7.37. The smallest absolute Gasteiger partial charge is 0.0992 e. The normalized spacial score (nSPS) is 10.9. The molecule has 6 heteroatoms. The second-order valence-corrected chi connectivity index (χ2v) is 9.54.